The van der Waals surface area contributed by atoms with Gasteiger partial charge >= 0.3 is 0 Å². The maximum absolute atomic E-state index is 10.4. The zero-order chi connectivity index (χ0) is 17.9. The summed E-state index contributed by atoms with van der Waals surface area (Å²) >= 11 is 0. The van der Waals surface area contributed by atoms with Crippen LogP contribution in [-0.2, 0) is 6.42 Å². The van der Waals surface area contributed by atoms with E-state index in [4.69, 9.17) is 0 Å². The molecule has 1 aromatic carbocycles. The molecular weight excluding hydrogens is 298 g/mol. The average molecular weight is 334 g/mol. The van der Waals surface area contributed by atoms with Crippen LogP contribution in [-0.4, -0.2) is 29.4 Å². The number of rotatable bonds is 11. The quantitative estimate of drug-likeness (QED) is 0.529. The normalized spacial score (nSPS) is 16.9. The van der Waals surface area contributed by atoms with Crippen LogP contribution in [0.2, 0.25) is 0 Å². The molecule has 0 spiro atoms. The fourth-order valence-electron chi connectivity index (χ4n) is 2.99. The summed E-state index contributed by atoms with van der Waals surface area (Å²) in [5, 5.41) is 23.0. The van der Waals surface area contributed by atoms with Crippen LogP contribution in [0.4, 0.5) is 0 Å². The number of aromatic hydroxyl groups is 1. The van der Waals surface area contributed by atoms with Crippen molar-refractivity contribution in [3.63, 3.8) is 0 Å². The molecule has 0 saturated heterocycles. The number of phenolic OH excluding ortho intramolecular Hbond substituents is 1. The standard InChI is InChI=1S/C21H35NO2/c1-5-16(2)14-17(3)8-6-7-9-21(24)20(22-4)15-18-10-12-19(23)13-11-18/h6,8,10-13,16-17,20-24H,5,7,9,14-15H2,1-4H3/t16-,17+,20-,21+/m1/s1. The Bertz CT molecular complexity index is 469. The van der Waals surface area contributed by atoms with E-state index in [1.807, 2.05) is 19.2 Å². The van der Waals surface area contributed by atoms with E-state index in [0.717, 1.165) is 30.7 Å². The van der Waals surface area contributed by atoms with Gasteiger partial charge < -0.3 is 15.5 Å². The number of nitrogens with one attached hydrogen (secondary N) is 1. The molecule has 0 bridgehead atoms. The first-order valence-corrected chi connectivity index (χ1v) is 9.26. The minimum Gasteiger partial charge on any atom is -0.508 e. The Labute approximate surface area is 147 Å². The van der Waals surface area contributed by atoms with Crippen molar-refractivity contribution in [1.82, 2.24) is 5.32 Å². The maximum Gasteiger partial charge on any atom is 0.115 e. The smallest absolute Gasteiger partial charge is 0.115 e. The molecule has 0 saturated carbocycles. The van der Waals surface area contributed by atoms with Crippen LogP contribution >= 0.6 is 0 Å². The number of phenols is 1. The Hall–Kier alpha value is -1.32. The van der Waals surface area contributed by atoms with E-state index >= 15 is 0 Å². The number of aliphatic hydroxyl groups is 1. The Balaban J connectivity index is 2.38. The number of allylic oxidation sites excluding steroid dienone is 2. The van der Waals surface area contributed by atoms with Crippen LogP contribution in [0.15, 0.2) is 36.4 Å². The number of likely N-dealkylation sites (N-methyl/N-ethyl adjacent to an activating group) is 1. The van der Waals surface area contributed by atoms with Crippen molar-refractivity contribution in [3.05, 3.63) is 42.0 Å². The van der Waals surface area contributed by atoms with E-state index < -0.39 is 0 Å². The zero-order valence-electron chi connectivity index (χ0n) is 15.7. The highest BCUT2D eigenvalue weighted by molar-refractivity contribution is 5.26. The second kappa shape index (κ2) is 11.3. The molecule has 0 aromatic heterocycles. The summed E-state index contributed by atoms with van der Waals surface area (Å²) in [7, 11) is 1.89. The molecule has 1 rings (SSSR count). The van der Waals surface area contributed by atoms with Gasteiger partial charge in [0.15, 0.2) is 0 Å². The molecule has 0 amide bonds. The van der Waals surface area contributed by atoms with Gasteiger partial charge in [0.25, 0.3) is 0 Å². The van der Waals surface area contributed by atoms with Crippen molar-refractivity contribution in [1.29, 1.82) is 0 Å². The second-order valence-corrected chi connectivity index (χ2v) is 7.06. The molecule has 136 valence electrons. The van der Waals surface area contributed by atoms with Gasteiger partial charge in [-0.3, -0.25) is 0 Å². The predicted molar refractivity (Wildman–Crippen MR) is 102 cm³/mol. The van der Waals surface area contributed by atoms with E-state index in [2.05, 4.69) is 38.2 Å². The van der Waals surface area contributed by atoms with Gasteiger partial charge in [-0.25, -0.2) is 0 Å². The molecule has 3 nitrogen and oxygen atoms in total. The molecule has 0 aliphatic carbocycles. The lowest BCUT2D eigenvalue weighted by Crippen LogP contribution is -2.39. The first kappa shape index (κ1) is 20.7. The van der Waals surface area contributed by atoms with E-state index in [-0.39, 0.29) is 17.9 Å². The first-order chi connectivity index (χ1) is 11.5. The van der Waals surface area contributed by atoms with Crippen LogP contribution in [0.1, 0.15) is 52.0 Å². The largest absolute Gasteiger partial charge is 0.508 e. The van der Waals surface area contributed by atoms with Gasteiger partial charge in [-0.1, -0.05) is 51.5 Å². The highest BCUT2D eigenvalue weighted by Gasteiger charge is 2.17. The molecule has 4 atom stereocenters. The third-order valence-electron chi connectivity index (χ3n) is 4.79. The van der Waals surface area contributed by atoms with Crippen LogP contribution in [0.3, 0.4) is 0 Å². The monoisotopic (exact) mass is 333 g/mol. The summed E-state index contributed by atoms with van der Waals surface area (Å²) < 4.78 is 0. The third kappa shape index (κ3) is 7.98. The summed E-state index contributed by atoms with van der Waals surface area (Å²) in [6.07, 6.45) is 9.00. The molecular formula is C21H35NO2. The predicted octanol–water partition coefficient (Wildman–Crippen LogP) is 4.29. The highest BCUT2D eigenvalue weighted by Crippen LogP contribution is 2.17. The Morgan fingerprint density at radius 3 is 2.42 bits per heavy atom. The van der Waals surface area contributed by atoms with Crippen molar-refractivity contribution >= 4 is 0 Å². The van der Waals surface area contributed by atoms with Gasteiger partial charge in [-0.2, -0.15) is 0 Å². The third-order valence-corrected chi connectivity index (χ3v) is 4.79. The molecule has 1 aromatic rings. The Morgan fingerprint density at radius 2 is 1.83 bits per heavy atom. The summed E-state index contributed by atoms with van der Waals surface area (Å²) in [5.41, 5.74) is 1.11. The highest BCUT2D eigenvalue weighted by atomic mass is 16.3. The zero-order valence-corrected chi connectivity index (χ0v) is 15.7. The van der Waals surface area contributed by atoms with Crippen LogP contribution in [0.5, 0.6) is 5.75 Å². The van der Waals surface area contributed by atoms with Gasteiger partial charge in [0, 0.05) is 6.04 Å². The molecule has 0 aliphatic heterocycles. The summed E-state index contributed by atoms with van der Waals surface area (Å²) in [6.45, 7) is 6.80. The van der Waals surface area contributed by atoms with Crippen LogP contribution in [0.25, 0.3) is 0 Å². The fourth-order valence-corrected chi connectivity index (χ4v) is 2.99. The molecule has 24 heavy (non-hydrogen) atoms. The minimum absolute atomic E-state index is 0.0282. The van der Waals surface area contributed by atoms with Gasteiger partial charge in [0.05, 0.1) is 6.10 Å². The lowest BCUT2D eigenvalue weighted by atomic mass is 9.94. The van der Waals surface area contributed by atoms with Crippen molar-refractivity contribution < 1.29 is 10.2 Å². The lowest BCUT2D eigenvalue weighted by molar-refractivity contribution is 0.122. The molecule has 0 unspecified atom stereocenters. The molecule has 0 heterocycles. The summed E-state index contributed by atoms with van der Waals surface area (Å²) in [5.74, 6) is 1.65. The van der Waals surface area contributed by atoms with Gasteiger partial charge in [-0.05, 0) is 62.3 Å². The first-order valence-electron chi connectivity index (χ1n) is 9.26. The fraction of sp³-hybridized carbons (Fsp3) is 0.619. The topological polar surface area (TPSA) is 52.5 Å². The van der Waals surface area contributed by atoms with Crippen LogP contribution < -0.4 is 5.32 Å². The molecule has 3 heteroatoms. The number of benzene rings is 1. The Morgan fingerprint density at radius 1 is 1.17 bits per heavy atom. The van der Waals surface area contributed by atoms with E-state index in [9.17, 15) is 10.2 Å². The van der Waals surface area contributed by atoms with Crippen molar-refractivity contribution in [2.45, 2.75) is 65.0 Å². The second-order valence-electron chi connectivity index (χ2n) is 7.06. The van der Waals surface area contributed by atoms with Gasteiger partial charge in [0.2, 0.25) is 0 Å². The lowest BCUT2D eigenvalue weighted by Gasteiger charge is -2.22. The molecule has 0 radical (unpaired) electrons. The average Bonchev–Trinajstić information content (AvgIpc) is 2.57. The van der Waals surface area contributed by atoms with E-state index in [1.54, 1.807) is 12.1 Å². The van der Waals surface area contributed by atoms with Crippen molar-refractivity contribution in [2.75, 3.05) is 7.05 Å². The van der Waals surface area contributed by atoms with Gasteiger partial charge in [-0.15, -0.1) is 0 Å². The van der Waals surface area contributed by atoms with Crippen molar-refractivity contribution in [2.24, 2.45) is 11.8 Å². The summed E-state index contributed by atoms with van der Waals surface area (Å²) in [4.78, 5) is 0. The maximum atomic E-state index is 10.4. The van der Waals surface area contributed by atoms with E-state index in [1.165, 1.54) is 12.8 Å². The number of hydrogen-bond acceptors (Lipinski definition) is 3. The van der Waals surface area contributed by atoms with Crippen LogP contribution in [0, 0.1) is 11.8 Å². The Kier molecular flexibility index (Phi) is 9.73. The molecule has 3 N–H and O–H groups in total. The molecule has 0 aliphatic rings. The SMILES string of the molecule is CC[C@@H](C)C[C@@H](C)C=CCC[C@H](O)[C@@H](Cc1ccc(O)cc1)NC. The van der Waals surface area contributed by atoms with E-state index in [0.29, 0.717) is 5.92 Å². The van der Waals surface area contributed by atoms with Gasteiger partial charge in [0.1, 0.15) is 5.75 Å². The number of hydrogen-bond donors (Lipinski definition) is 3. The number of aliphatic hydroxyl groups excluding tert-OH is 1. The minimum atomic E-state index is -0.377. The summed E-state index contributed by atoms with van der Waals surface area (Å²) in [6, 6.07) is 7.22. The molecule has 0 fully saturated rings. The van der Waals surface area contributed by atoms with Crippen molar-refractivity contribution in [3.8, 4) is 5.75 Å².